The summed E-state index contributed by atoms with van der Waals surface area (Å²) >= 11 is 0. The molecule has 8 heteroatoms. The lowest BCUT2D eigenvalue weighted by atomic mass is 9.69. The van der Waals surface area contributed by atoms with Crippen molar-refractivity contribution in [3.63, 3.8) is 0 Å². The molecular formula is C30H38N6O2. The normalized spacial score (nSPS) is 20.6. The number of hydrogen-bond acceptors (Lipinski definition) is 8. The maximum absolute atomic E-state index is 6.04. The number of ether oxygens (including phenoxy) is 2. The fraction of sp³-hybridized carbons (Fsp3) is 0.500. The number of nitrogens with zero attached hydrogens (tertiary/aromatic N) is 4. The summed E-state index contributed by atoms with van der Waals surface area (Å²) in [6.45, 7) is 4.20. The van der Waals surface area contributed by atoms with Gasteiger partial charge in [0.2, 0.25) is 5.95 Å². The number of aromatic nitrogens is 3. The van der Waals surface area contributed by atoms with Crippen LogP contribution in [-0.4, -0.2) is 53.2 Å². The zero-order valence-corrected chi connectivity index (χ0v) is 22.3. The Morgan fingerprint density at radius 2 is 1.74 bits per heavy atom. The standard InChI is InChI=1S/C30H38N6O2/c1-37-27-19-23(10-11-26(27)38-17-5-16-36-14-3-2-4-15-36)34-30-31-13-12-28(35-30)33-24-18-25-21-6-8-22(9-7-21)29(25)32-20-24/h10-13,18-22H,2-9,14-17H2,1H3,(H2,31,33,34,35). The molecule has 8 nitrogen and oxygen atoms in total. The third-order valence-corrected chi connectivity index (χ3v) is 8.18. The fourth-order valence-corrected chi connectivity index (χ4v) is 6.19. The zero-order chi connectivity index (χ0) is 25.7. The van der Waals surface area contributed by atoms with Crippen LogP contribution in [-0.2, 0) is 0 Å². The van der Waals surface area contributed by atoms with Gasteiger partial charge in [0.25, 0.3) is 0 Å². The van der Waals surface area contributed by atoms with Crippen LogP contribution in [0.1, 0.15) is 74.5 Å². The monoisotopic (exact) mass is 514 g/mol. The van der Waals surface area contributed by atoms with Gasteiger partial charge in [0, 0.05) is 36.1 Å². The second-order valence-corrected chi connectivity index (χ2v) is 10.7. The molecule has 0 unspecified atom stereocenters. The van der Waals surface area contributed by atoms with Gasteiger partial charge in [-0.2, -0.15) is 4.98 Å². The molecule has 0 radical (unpaired) electrons. The Labute approximate surface area is 225 Å². The summed E-state index contributed by atoms with van der Waals surface area (Å²) in [5.74, 6) is 3.98. The van der Waals surface area contributed by atoms with Crippen LogP contribution in [0, 0.1) is 0 Å². The number of fused-ring (bicyclic) bond motifs is 2. The fourth-order valence-electron chi connectivity index (χ4n) is 6.19. The van der Waals surface area contributed by atoms with Gasteiger partial charge in [-0.05, 0) is 93.8 Å². The summed E-state index contributed by atoms with van der Waals surface area (Å²) in [5, 5.41) is 6.72. The summed E-state index contributed by atoms with van der Waals surface area (Å²) in [7, 11) is 1.67. The van der Waals surface area contributed by atoms with E-state index in [4.69, 9.17) is 14.5 Å². The van der Waals surface area contributed by atoms with Crippen LogP contribution in [0.2, 0.25) is 0 Å². The van der Waals surface area contributed by atoms with E-state index in [-0.39, 0.29) is 0 Å². The molecule has 1 saturated heterocycles. The minimum Gasteiger partial charge on any atom is -0.493 e. The van der Waals surface area contributed by atoms with Gasteiger partial charge in [0.1, 0.15) is 5.82 Å². The third kappa shape index (κ3) is 5.70. The van der Waals surface area contributed by atoms with Gasteiger partial charge in [-0.3, -0.25) is 4.98 Å². The molecule has 200 valence electrons. The molecular weight excluding hydrogens is 476 g/mol. The van der Waals surface area contributed by atoms with Crippen molar-refractivity contribution in [1.29, 1.82) is 0 Å². The van der Waals surface area contributed by atoms with Crippen molar-refractivity contribution < 1.29 is 9.47 Å². The Kier molecular flexibility index (Phi) is 7.58. The van der Waals surface area contributed by atoms with Crippen LogP contribution in [0.25, 0.3) is 0 Å². The van der Waals surface area contributed by atoms with Gasteiger partial charge in [-0.15, -0.1) is 0 Å². The van der Waals surface area contributed by atoms with Crippen molar-refractivity contribution in [3.8, 4) is 11.5 Å². The van der Waals surface area contributed by atoms with Crippen LogP contribution in [0.4, 0.5) is 23.1 Å². The largest absolute Gasteiger partial charge is 0.493 e. The first-order valence-electron chi connectivity index (χ1n) is 14.2. The van der Waals surface area contributed by atoms with Crippen LogP contribution in [0.15, 0.2) is 42.7 Å². The van der Waals surface area contributed by atoms with Crippen molar-refractivity contribution >= 4 is 23.1 Å². The average Bonchev–Trinajstić information content (AvgIpc) is 2.97. The van der Waals surface area contributed by atoms with Gasteiger partial charge in [-0.1, -0.05) is 6.42 Å². The predicted octanol–water partition coefficient (Wildman–Crippen LogP) is 6.38. The molecule has 0 amide bonds. The molecule has 38 heavy (non-hydrogen) atoms. The lowest BCUT2D eigenvalue weighted by Gasteiger charge is -2.37. The number of piperidine rings is 1. The van der Waals surface area contributed by atoms with E-state index in [2.05, 4.69) is 31.6 Å². The number of hydrogen-bond donors (Lipinski definition) is 2. The lowest BCUT2D eigenvalue weighted by Crippen LogP contribution is -2.31. The first kappa shape index (κ1) is 24.9. The molecule has 1 saturated carbocycles. The molecule has 3 aliphatic carbocycles. The highest BCUT2D eigenvalue weighted by molar-refractivity contribution is 5.62. The molecule has 0 spiro atoms. The van der Waals surface area contributed by atoms with Crippen molar-refractivity contribution in [2.75, 3.05) is 44.0 Å². The Morgan fingerprint density at radius 3 is 2.58 bits per heavy atom. The van der Waals surface area contributed by atoms with Gasteiger partial charge in [0.15, 0.2) is 11.5 Å². The summed E-state index contributed by atoms with van der Waals surface area (Å²) in [5.41, 5.74) is 4.55. The molecule has 1 aliphatic heterocycles. The number of rotatable bonds is 10. The highest BCUT2D eigenvalue weighted by Crippen LogP contribution is 2.49. The maximum Gasteiger partial charge on any atom is 0.229 e. The van der Waals surface area contributed by atoms with E-state index in [9.17, 15) is 0 Å². The second kappa shape index (κ2) is 11.6. The topological polar surface area (TPSA) is 84.4 Å². The van der Waals surface area contributed by atoms with Crippen LogP contribution in [0.3, 0.4) is 0 Å². The highest BCUT2D eigenvalue weighted by Gasteiger charge is 2.34. The number of likely N-dealkylation sites (tertiary alicyclic amines) is 1. The Balaban J connectivity index is 1.06. The molecule has 2 fully saturated rings. The summed E-state index contributed by atoms with van der Waals surface area (Å²) < 4.78 is 11.6. The first-order chi connectivity index (χ1) is 18.7. The molecule has 1 aromatic carbocycles. The molecule has 3 aromatic rings. The van der Waals surface area contributed by atoms with E-state index in [1.165, 1.54) is 69.3 Å². The smallest absolute Gasteiger partial charge is 0.229 e. The van der Waals surface area contributed by atoms with Crippen LogP contribution in [0.5, 0.6) is 11.5 Å². The van der Waals surface area contributed by atoms with E-state index in [1.807, 2.05) is 30.5 Å². The van der Waals surface area contributed by atoms with Crippen LogP contribution < -0.4 is 20.1 Å². The van der Waals surface area contributed by atoms with Gasteiger partial charge in [-0.25, -0.2) is 4.98 Å². The van der Waals surface area contributed by atoms with E-state index in [0.29, 0.717) is 30.1 Å². The molecule has 7 rings (SSSR count). The number of nitrogens with one attached hydrogen (secondary N) is 2. The molecule has 2 bridgehead atoms. The number of anilines is 4. The van der Waals surface area contributed by atoms with Crippen LogP contribution >= 0.6 is 0 Å². The molecule has 4 aliphatic rings. The lowest BCUT2D eigenvalue weighted by molar-refractivity contribution is 0.203. The summed E-state index contributed by atoms with van der Waals surface area (Å²) in [6.07, 6.45) is 13.8. The van der Waals surface area contributed by atoms with Crippen molar-refractivity contribution in [1.82, 2.24) is 19.9 Å². The SMILES string of the molecule is COc1cc(Nc2nccc(Nc3cnc4c(c3)C3CCC4CC3)n2)ccc1OCCCN1CCCCC1. The van der Waals surface area contributed by atoms with Gasteiger partial charge in [0.05, 0.1) is 25.6 Å². The van der Waals surface area contributed by atoms with Crippen molar-refractivity contribution in [3.05, 3.63) is 54.0 Å². The molecule has 2 N–H and O–H groups in total. The Morgan fingerprint density at radius 1 is 0.895 bits per heavy atom. The van der Waals surface area contributed by atoms with E-state index in [0.717, 1.165) is 35.9 Å². The third-order valence-electron chi connectivity index (χ3n) is 8.18. The molecule has 3 heterocycles. The van der Waals surface area contributed by atoms with E-state index in [1.54, 1.807) is 13.3 Å². The quantitative estimate of drug-likeness (QED) is 0.302. The average molecular weight is 515 g/mol. The molecule has 2 aromatic heterocycles. The second-order valence-electron chi connectivity index (χ2n) is 10.7. The minimum absolute atomic E-state index is 0.511. The van der Waals surface area contributed by atoms with E-state index >= 15 is 0 Å². The zero-order valence-electron chi connectivity index (χ0n) is 22.3. The number of pyridine rings is 1. The molecule has 0 atom stereocenters. The number of benzene rings is 1. The maximum atomic E-state index is 6.04. The minimum atomic E-state index is 0.511. The Hall–Kier alpha value is -3.39. The van der Waals surface area contributed by atoms with Gasteiger partial charge < -0.3 is 25.0 Å². The van der Waals surface area contributed by atoms with Crippen molar-refractivity contribution in [2.45, 2.75) is 63.2 Å². The predicted molar refractivity (Wildman–Crippen MR) is 150 cm³/mol. The number of methoxy groups -OCH3 is 1. The first-order valence-corrected chi connectivity index (χ1v) is 14.2. The summed E-state index contributed by atoms with van der Waals surface area (Å²) in [4.78, 5) is 16.4. The van der Waals surface area contributed by atoms with Crippen molar-refractivity contribution in [2.24, 2.45) is 0 Å². The summed E-state index contributed by atoms with van der Waals surface area (Å²) in [6, 6.07) is 9.97. The highest BCUT2D eigenvalue weighted by atomic mass is 16.5. The van der Waals surface area contributed by atoms with E-state index < -0.39 is 0 Å². The Bertz CT molecular complexity index is 1240. The van der Waals surface area contributed by atoms with Gasteiger partial charge >= 0.3 is 0 Å².